The minimum atomic E-state index is -0.909. The maximum Gasteiger partial charge on any atom is 0.254 e. The third kappa shape index (κ3) is 4.62. The monoisotopic (exact) mass is 503 g/mol. The van der Waals surface area contributed by atoms with Gasteiger partial charge in [-0.15, -0.1) is 0 Å². The predicted octanol–water partition coefficient (Wildman–Crippen LogP) is 4.25. The number of anilines is 1. The Morgan fingerprint density at radius 1 is 1.19 bits per heavy atom. The van der Waals surface area contributed by atoms with Gasteiger partial charge in [0, 0.05) is 29.7 Å². The second kappa shape index (κ2) is 10.4. The Hall–Kier alpha value is -3.65. The lowest BCUT2D eigenvalue weighted by atomic mass is 9.84. The maximum atomic E-state index is 14.5. The van der Waals surface area contributed by atoms with Crippen molar-refractivity contribution in [1.29, 1.82) is 0 Å². The molecule has 2 atom stereocenters. The number of carbonyl (C=O) groups excluding carboxylic acids is 2. The largest absolute Gasteiger partial charge is 0.495 e. The Labute approximate surface area is 216 Å². The Kier molecular flexibility index (Phi) is 7.02. The number of rotatable bonds is 6. The van der Waals surface area contributed by atoms with Crippen molar-refractivity contribution in [3.8, 4) is 11.5 Å². The van der Waals surface area contributed by atoms with E-state index in [1.54, 1.807) is 18.2 Å². The quantitative estimate of drug-likeness (QED) is 0.541. The number of fused-ring (bicyclic) bond motifs is 2. The molecule has 8 heteroatoms. The van der Waals surface area contributed by atoms with Crippen LogP contribution >= 0.6 is 0 Å². The van der Waals surface area contributed by atoms with Gasteiger partial charge in [0.15, 0.2) is 0 Å². The highest BCUT2D eigenvalue weighted by molar-refractivity contribution is 6.02. The van der Waals surface area contributed by atoms with Gasteiger partial charge in [-0.3, -0.25) is 14.6 Å². The first-order valence-corrected chi connectivity index (χ1v) is 12.9. The van der Waals surface area contributed by atoms with Crippen LogP contribution in [0.25, 0.3) is 10.9 Å². The molecule has 1 spiro atoms. The van der Waals surface area contributed by atoms with E-state index in [2.05, 4.69) is 10.3 Å². The summed E-state index contributed by atoms with van der Waals surface area (Å²) in [5, 5.41) is 3.98. The van der Waals surface area contributed by atoms with Gasteiger partial charge in [0.05, 0.1) is 44.3 Å². The van der Waals surface area contributed by atoms with Crippen molar-refractivity contribution in [2.45, 2.75) is 51.3 Å². The molecule has 1 fully saturated rings. The van der Waals surface area contributed by atoms with Crippen molar-refractivity contribution in [1.82, 2.24) is 10.3 Å². The van der Waals surface area contributed by atoms with Crippen LogP contribution in [0, 0.1) is 5.92 Å². The number of nitrogens with zero attached hydrogens (tertiary/aromatic N) is 2. The lowest BCUT2D eigenvalue weighted by Crippen LogP contribution is -2.64. The number of methoxy groups -OCH3 is 1. The number of para-hydroxylation sites is 3. The molecule has 2 aliphatic heterocycles. The van der Waals surface area contributed by atoms with Gasteiger partial charge in [0.2, 0.25) is 5.91 Å². The molecule has 3 heterocycles. The minimum Gasteiger partial charge on any atom is -0.495 e. The van der Waals surface area contributed by atoms with Crippen molar-refractivity contribution in [2.24, 2.45) is 5.92 Å². The number of ether oxygens (including phenoxy) is 3. The standard InChI is InChI=1S/C29H33N3O5/c1-4-19(2)27(33)31-26-28(34)32(18-21-20-9-5-6-10-22(20)30-17-25(21)35-3)23-11-7-8-12-24(23)37-29(26)13-15-36-16-14-29/h5-12,17,19,26H,4,13-16,18H2,1-3H3,(H,31,33)/t19-,26-/m1/s1. The second-order valence-electron chi connectivity index (χ2n) is 9.74. The molecule has 0 aliphatic carbocycles. The summed E-state index contributed by atoms with van der Waals surface area (Å²) < 4.78 is 18.0. The molecule has 0 unspecified atom stereocenters. The summed E-state index contributed by atoms with van der Waals surface area (Å²) >= 11 is 0. The van der Waals surface area contributed by atoms with E-state index in [-0.39, 0.29) is 24.3 Å². The van der Waals surface area contributed by atoms with Crippen LogP contribution in [0.15, 0.2) is 54.7 Å². The van der Waals surface area contributed by atoms with Crippen LogP contribution in [-0.2, 0) is 20.9 Å². The van der Waals surface area contributed by atoms with Crippen molar-refractivity contribution in [2.75, 3.05) is 25.2 Å². The SMILES string of the molecule is CC[C@@H](C)C(=O)N[C@@H]1C(=O)N(Cc2c(OC)cnc3ccccc23)c2ccccc2OC12CCOCC2. The number of hydrogen-bond acceptors (Lipinski definition) is 6. The summed E-state index contributed by atoms with van der Waals surface area (Å²) in [7, 11) is 1.60. The van der Waals surface area contributed by atoms with Crippen LogP contribution in [0.3, 0.4) is 0 Å². The van der Waals surface area contributed by atoms with Gasteiger partial charge in [0.1, 0.15) is 23.1 Å². The third-order valence-electron chi connectivity index (χ3n) is 7.58. The molecule has 2 amide bonds. The smallest absolute Gasteiger partial charge is 0.254 e. The van der Waals surface area contributed by atoms with Gasteiger partial charge in [-0.25, -0.2) is 0 Å². The minimum absolute atomic E-state index is 0.159. The highest BCUT2D eigenvalue weighted by atomic mass is 16.5. The highest BCUT2D eigenvalue weighted by Gasteiger charge is 2.51. The number of nitrogens with one attached hydrogen (secondary N) is 1. The molecule has 0 bridgehead atoms. The summed E-state index contributed by atoms with van der Waals surface area (Å²) in [4.78, 5) is 33.9. The summed E-state index contributed by atoms with van der Waals surface area (Å²) in [5.74, 6) is 0.595. The van der Waals surface area contributed by atoms with Crippen LogP contribution in [-0.4, -0.2) is 48.8 Å². The number of hydrogen-bond donors (Lipinski definition) is 1. The molecule has 3 aromatic rings. The Balaban J connectivity index is 1.64. The van der Waals surface area contributed by atoms with E-state index < -0.39 is 11.6 Å². The fourth-order valence-electron chi connectivity index (χ4n) is 5.16. The van der Waals surface area contributed by atoms with Crippen molar-refractivity contribution in [3.05, 3.63) is 60.3 Å². The molecule has 194 valence electrons. The third-order valence-corrected chi connectivity index (χ3v) is 7.58. The highest BCUT2D eigenvalue weighted by Crippen LogP contribution is 2.42. The zero-order valence-electron chi connectivity index (χ0n) is 21.5. The lowest BCUT2D eigenvalue weighted by Gasteiger charge is -2.41. The number of carbonyl (C=O) groups is 2. The summed E-state index contributed by atoms with van der Waals surface area (Å²) in [6, 6.07) is 14.5. The molecule has 2 aliphatic rings. The van der Waals surface area contributed by atoms with Gasteiger partial charge in [-0.05, 0) is 24.6 Å². The van der Waals surface area contributed by atoms with E-state index in [0.29, 0.717) is 49.7 Å². The fourth-order valence-corrected chi connectivity index (χ4v) is 5.16. The van der Waals surface area contributed by atoms with Crippen molar-refractivity contribution in [3.63, 3.8) is 0 Å². The van der Waals surface area contributed by atoms with E-state index in [0.717, 1.165) is 16.5 Å². The predicted molar refractivity (Wildman–Crippen MR) is 141 cm³/mol. The summed E-state index contributed by atoms with van der Waals surface area (Å²) in [6.45, 7) is 4.97. The summed E-state index contributed by atoms with van der Waals surface area (Å²) in [6.07, 6.45) is 3.35. The molecule has 1 saturated heterocycles. The van der Waals surface area contributed by atoms with Gasteiger partial charge >= 0.3 is 0 Å². The molecular weight excluding hydrogens is 470 g/mol. The van der Waals surface area contributed by atoms with Crippen molar-refractivity contribution < 1.29 is 23.8 Å². The van der Waals surface area contributed by atoms with Gasteiger partial charge in [-0.2, -0.15) is 0 Å². The van der Waals surface area contributed by atoms with Crippen LogP contribution in [0.1, 0.15) is 38.7 Å². The lowest BCUT2D eigenvalue weighted by molar-refractivity contribution is -0.138. The van der Waals surface area contributed by atoms with E-state index in [1.807, 2.05) is 62.4 Å². The van der Waals surface area contributed by atoms with Crippen molar-refractivity contribution >= 4 is 28.4 Å². The zero-order chi connectivity index (χ0) is 26.0. The molecule has 37 heavy (non-hydrogen) atoms. The maximum absolute atomic E-state index is 14.5. The van der Waals surface area contributed by atoms with Gasteiger partial charge in [-0.1, -0.05) is 44.2 Å². The van der Waals surface area contributed by atoms with Gasteiger partial charge < -0.3 is 24.4 Å². The average molecular weight is 504 g/mol. The first-order valence-electron chi connectivity index (χ1n) is 12.9. The summed E-state index contributed by atoms with van der Waals surface area (Å²) in [5.41, 5.74) is 1.40. The molecule has 2 aromatic carbocycles. The normalized spacial score (nSPS) is 19.6. The first-order chi connectivity index (χ1) is 18.0. The molecule has 8 nitrogen and oxygen atoms in total. The van der Waals surface area contributed by atoms with Crippen LogP contribution in [0.5, 0.6) is 11.5 Å². The fraction of sp³-hybridized carbons (Fsp3) is 0.414. The molecule has 0 saturated carbocycles. The van der Waals surface area contributed by atoms with E-state index in [1.165, 1.54) is 0 Å². The number of pyridine rings is 1. The topological polar surface area (TPSA) is 90.0 Å². The van der Waals surface area contributed by atoms with E-state index in [9.17, 15) is 9.59 Å². The average Bonchev–Trinajstić information content (AvgIpc) is 3.02. The molecule has 1 aromatic heterocycles. The van der Waals surface area contributed by atoms with E-state index in [4.69, 9.17) is 14.2 Å². The van der Waals surface area contributed by atoms with Crippen LogP contribution in [0.4, 0.5) is 5.69 Å². The van der Waals surface area contributed by atoms with Gasteiger partial charge in [0.25, 0.3) is 5.91 Å². The molecular formula is C29H33N3O5. The zero-order valence-corrected chi connectivity index (χ0v) is 21.5. The molecule has 0 radical (unpaired) electrons. The molecule has 5 rings (SSSR count). The molecule has 1 N–H and O–H groups in total. The van der Waals surface area contributed by atoms with Crippen LogP contribution in [0.2, 0.25) is 0 Å². The second-order valence-corrected chi connectivity index (χ2v) is 9.74. The number of aromatic nitrogens is 1. The number of benzene rings is 2. The first kappa shape index (κ1) is 25.0. The Morgan fingerprint density at radius 3 is 2.68 bits per heavy atom. The Morgan fingerprint density at radius 2 is 1.92 bits per heavy atom. The van der Waals surface area contributed by atoms with Crippen LogP contribution < -0.4 is 19.7 Å². The van der Waals surface area contributed by atoms with E-state index >= 15 is 0 Å². The number of amides is 2. The Bertz CT molecular complexity index is 1300.